The lowest BCUT2D eigenvalue weighted by molar-refractivity contribution is -0.383. The third kappa shape index (κ3) is 3.84. The summed E-state index contributed by atoms with van der Waals surface area (Å²) >= 11 is 0. The summed E-state index contributed by atoms with van der Waals surface area (Å²) in [6.07, 6.45) is -11.3. The summed E-state index contributed by atoms with van der Waals surface area (Å²) in [4.78, 5) is 0. The molecule has 160 valence electrons. The summed E-state index contributed by atoms with van der Waals surface area (Å²) in [6.45, 7) is -1.95. The van der Waals surface area contributed by atoms with Crippen molar-refractivity contribution in [1.82, 2.24) is 15.4 Å². The highest BCUT2D eigenvalue weighted by Gasteiger charge is 2.58. The Balaban J connectivity index is 1.72. The van der Waals surface area contributed by atoms with Gasteiger partial charge in [0.1, 0.15) is 55.9 Å². The monoisotopic (exact) mass is 409 g/mol. The Labute approximate surface area is 157 Å². The maximum absolute atomic E-state index is 10.2. The number of hydrogen-bond donors (Lipinski definition) is 8. The second-order valence-corrected chi connectivity index (χ2v) is 6.50. The molecule has 3 rings (SSSR count). The van der Waals surface area contributed by atoms with Crippen molar-refractivity contribution in [1.29, 1.82) is 0 Å². The van der Waals surface area contributed by atoms with E-state index in [1.807, 2.05) is 0 Å². The fourth-order valence-electron chi connectivity index (χ4n) is 3.05. The average molecular weight is 409 g/mol. The van der Waals surface area contributed by atoms with E-state index in [-0.39, 0.29) is 12.5 Å². The van der Waals surface area contributed by atoms with Crippen molar-refractivity contribution in [3.8, 4) is 5.88 Å². The highest BCUT2D eigenvalue weighted by atomic mass is 16.8. The molecule has 0 bridgehead atoms. The minimum atomic E-state index is -2.24. The number of aromatic amines is 1. The lowest BCUT2D eigenvalue weighted by Gasteiger charge is -2.43. The van der Waals surface area contributed by atoms with Crippen LogP contribution in [0.3, 0.4) is 0 Å². The number of H-pyrrole nitrogens is 1. The zero-order chi connectivity index (χ0) is 20.5. The van der Waals surface area contributed by atoms with E-state index in [4.69, 9.17) is 18.9 Å². The summed E-state index contributed by atoms with van der Waals surface area (Å²) < 4.78 is 21.3. The van der Waals surface area contributed by atoms with Crippen LogP contribution < -0.4 is 4.74 Å². The molecule has 0 radical (unpaired) electrons. The molecule has 0 aliphatic carbocycles. The molecule has 14 nitrogen and oxygen atoms in total. The van der Waals surface area contributed by atoms with E-state index in [0.717, 1.165) is 0 Å². The van der Waals surface area contributed by atoms with Crippen molar-refractivity contribution in [2.45, 2.75) is 54.8 Å². The molecule has 0 aromatic carbocycles. The first-order chi connectivity index (χ1) is 13.3. The number of nitrogens with zero attached hydrogens (tertiary/aromatic N) is 2. The molecule has 2 saturated heterocycles. The van der Waals surface area contributed by atoms with Crippen LogP contribution in [-0.2, 0) is 14.2 Å². The number of rotatable bonds is 7. The molecule has 2 aliphatic heterocycles. The molecule has 2 fully saturated rings. The summed E-state index contributed by atoms with van der Waals surface area (Å²) in [5, 5.41) is 78.7. The molecule has 28 heavy (non-hydrogen) atoms. The van der Waals surface area contributed by atoms with Gasteiger partial charge in [0, 0.05) is 0 Å². The molecule has 0 amide bonds. The van der Waals surface area contributed by atoms with Gasteiger partial charge in [0.15, 0.2) is 6.29 Å². The number of ether oxygens (including phenoxy) is 4. The number of aliphatic hydroxyl groups excluding tert-OH is 7. The predicted molar refractivity (Wildman–Crippen MR) is 83.4 cm³/mol. The van der Waals surface area contributed by atoms with E-state index in [1.54, 1.807) is 0 Å². The Bertz CT molecular complexity index is 622. The summed E-state index contributed by atoms with van der Waals surface area (Å²) in [6, 6.07) is 0. The molecular formula is C14H23N3O11. The maximum Gasteiger partial charge on any atom is 0.253 e. The van der Waals surface area contributed by atoms with Gasteiger partial charge in [-0.25, -0.2) is 0 Å². The van der Waals surface area contributed by atoms with Crippen LogP contribution in [0.15, 0.2) is 6.20 Å². The van der Waals surface area contributed by atoms with Crippen molar-refractivity contribution in [3.05, 3.63) is 6.20 Å². The molecule has 3 heterocycles. The van der Waals surface area contributed by atoms with Crippen LogP contribution in [0.2, 0.25) is 0 Å². The fourth-order valence-corrected chi connectivity index (χ4v) is 3.05. The second kappa shape index (κ2) is 8.50. The molecule has 0 saturated carbocycles. The van der Waals surface area contributed by atoms with Crippen molar-refractivity contribution < 1.29 is 54.7 Å². The minimum absolute atomic E-state index is 0.0872. The predicted octanol–water partition coefficient (Wildman–Crippen LogP) is -5.19. The van der Waals surface area contributed by atoms with Crippen LogP contribution in [0.5, 0.6) is 5.88 Å². The van der Waals surface area contributed by atoms with Gasteiger partial charge in [0.25, 0.3) is 5.88 Å². The zero-order valence-electron chi connectivity index (χ0n) is 14.5. The van der Waals surface area contributed by atoms with Gasteiger partial charge in [-0.2, -0.15) is 0 Å². The largest absolute Gasteiger partial charge is 0.473 e. The van der Waals surface area contributed by atoms with Gasteiger partial charge >= 0.3 is 0 Å². The fraction of sp³-hybridized carbons (Fsp3) is 0.857. The first-order valence-corrected chi connectivity index (χ1v) is 8.45. The third-order valence-electron chi connectivity index (χ3n) is 4.68. The first kappa shape index (κ1) is 21.3. The topological polar surface area (TPSA) is 220 Å². The summed E-state index contributed by atoms with van der Waals surface area (Å²) in [5.74, 6) is -2.15. The smallest absolute Gasteiger partial charge is 0.253 e. The number of hydrogen-bond acceptors (Lipinski definition) is 13. The van der Waals surface area contributed by atoms with Crippen LogP contribution in [-0.4, -0.2) is 126 Å². The van der Waals surface area contributed by atoms with Gasteiger partial charge in [-0.1, -0.05) is 10.3 Å². The Morgan fingerprint density at radius 1 is 1.04 bits per heavy atom. The maximum atomic E-state index is 10.2. The molecule has 2 aliphatic rings. The van der Waals surface area contributed by atoms with E-state index in [9.17, 15) is 35.7 Å². The van der Waals surface area contributed by atoms with Crippen LogP contribution in [0.4, 0.5) is 0 Å². The summed E-state index contributed by atoms with van der Waals surface area (Å²) in [5.41, 5.74) is 0. The van der Waals surface area contributed by atoms with Gasteiger partial charge in [-0.3, -0.25) is 5.10 Å². The van der Waals surface area contributed by atoms with Crippen molar-refractivity contribution in [3.63, 3.8) is 0 Å². The van der Waals surface area contributed by atoms with Gasteiger partial charge in [-0.05, 0) is 0 Å². The second-order valence-electron chi connectivity index (χ2n) is 6.50. The molecule has 8 N–H and O–H groups in total. The van der Waals surface area contributed by atoms with Gasteiger partial charge in [0.05, 0.1) is 12.8 Å². The van der Waals surface area contributed by atoms with Gasteiger partial charge < -0.3 is 54.7 Å². The highest BCUT2D eigenvalue weighted by Crippen LogP contribution is 2.36. The Kier molecular flexibility index (Phi) is 6.45. The Morgan fingerprint density at radius 2 is 1.79 bits per heavy atom. The lowest BCUT2D eigenvalue weighted by Crippen LogP contribution is -2.63. The SMILES string of the molecule is OC[C@H]1O[C@@](CO)(O[C@H]2O[C@H](COc3c[nH]nn3)[C@@H](O)[C@H](O)[C@H]2O)[C@@H](O)[C@@H]1O. The van der Waals surface area contributed by atoms with Gasteiger partial charge in [0.2, 0.25) is 5.79 Å². The van der Waals surface area contributed by atoms with E-state index < -0.39 is 68.0 Å². The van der Waals surface area contributed by atoms with Crippen molar-refractivity contribution in [2.24, 2.45) is 0 Å². The minimum Gasteiger partial charge on any atom is -0.473 e. The lowest BCUT2D eigenvalue weighted by atomic mass is 9.99. The summed E-state index contributed by atoms with van der Waals surface area (Å²) in [7, 11) is 0. The van der Waals surface area contributed by atoms with Gasteiger partial charge in [-0.15, -0.1) is 0 Å². The van der Waals surface area contributed by atoms with Crippen LogP contribution in [0.1, 0.15) is 0 Å². The molecular weight excluding hydrogens is 386 g/mol. The molecule has 0 spiro atoms. The number of aromatic nitrogens is 3. The average Bonchev–Trinajstić information content (AvgIpc) is 3.30. The molecule has 9 atom stereocenters. The van der Waals surface area contributed by atoms with E-state index in [2.05, 4.69) is 15.4 Å². The van der Waals surface area contributed by atoms with Crippen molar-refractivity contribution in [2.75, 3.05) is 19.8 Å². The number of nitrogens with one attached hydrogen (secondary N) is 1. The van der Waals surface area contributed by atoms with Crippen LogP contribution >= 0.6 is 0 Å². The Morgan fingerprint density at radius 3 is 2.36 bits per heavy atom. The molecule has 14 heteroatoms. The Hall–Kier alpha value is -1.46. The molecule has 1 aromatic rings. The molecule has 1 aromatic heterocycles. The van der Waals surface area contributed by atoms with Crippen molar-refractivity contribution >= 4 is 0 Å². The third-order valence-corrected chi connectivity index (χ3v) is 4.68. The quantitative estimate of drug-likeness (QED) is 0.211. The van der Waals surface area contributed by atoms with E-state index in [1.165, 1.54) is 6.20 Å². The normalized spacial score (nSPS) is 44.0. The standard InChI is InChI=1S/C14H23N3O11/c18-2-5-9(21)12(24)14(4-19,27-5)28-13-11(23)10(22)8(20)6(26-13)3-25-7-1-15-17-16-7/h1,5-6,8-13,18-24H,2-4H2,(H,15,16,17)/t5-,6-,8-,9-,10+,11-,12+,13-,14+/m1/s1. The van der Waals surface area contributed by atoms with E-state index >= 15 is 0 Å². The highest BCUT2D eigenvalue weighted by molar-refractivity contribution is 5.00. The van der Waals surface area contributed by atoms with E-state index in [0.29, 0.717) is 0 Å². The number of aliphatic hydroxyl groups is 7. The van der Waals surface area contributed by atoms with Crippen LogP contribution in [0.25, 0.3) is 0 Å². The zero-order valence-corrected chi connectivity index (χ0v) is 14.5. The molecule has 0 unspecified atom stereocenters. The van der Waals surface area contributed by atoms with Crippen LogP contribution in [0, 0.1) is 0 Å². The first-order valence-electron chi connectivity index (χ1n) is 8.45.